The summed E-state index contributed by atoms with van der Waals surface area (Å²) in [7, 11) is 0. The van der Waals surface area contributed by atoms with E-state index in [0.29, 0.717) is 0 Å². The van der Waals surface area contributed by atoms with Crippen molar-refractivity contribution in [3.63, 3.8) is 0 Å². The van der Waals surface area contributed by atoms with E-state index in [1.165, 1.54) is 37.7 Å². The van der Waals surface area contributed by atoms with Crippen LogP contribution in [0.25, 0.3) is 0 Å². The maximum atomic E-state index is 12.8. The number of fused-ring (bicyclic) bond motifs is 1. The van der Waals surface area contributed by atoms with Gasteiger partial charge in [0.2, 0.25) is 5.91 Å². The lowest BCUT2D eigenvalue weighted by molar-refractivity contribution is -0.136. The van der Waals surface area contributed by atoms with Crippen molar-refractivity contribution < 1.29 is 14.7 Å². The summed E-state index contributed by atoms with van der Waals surface area (Å²) in [6, 6.07) is 0.206. The topological polar surface area (TPSA) is 78.4 Å². The zero-order chi connectivity index (χ0) is 22.5. The maximum absolute atomic E-state index is 12.8. The molecule has 2 rings (SSSR count). The third-order valence-corrected chi connectivity index (χ3v) is 6.30. The van der Waals surface area contributed by atoms with E-state index in [2.05, 4.69) is 17.6 Å². The van der Waals surface area contributed by atoms with E-state index in [-0.39, 0.29) is 18.4 Å². The van der Waals surface area contributed by atoms with Crippen LogP contribution in [-0.2, 0) is 22.6 Å². The third-order valence-electron chi connectivity index (χ3n) is 6.30. The van der Waals surface area contributed by atoms with Crippen molar-refractivity contribution in [2.45, 2.75) is 105 Å². The van der Waals surface area contributed by atoms with Crippen molar-refractivity contribution in [2.75, 3.05) is 5.32 Å². The summed E-state index contributed by atoms with van der Waals surface area (Å²) in [5.74, 6) is -0.882. The second kappa shape index (κ2) is 10.4. The van der Waals surface area contributed by atoms with Crippen LogP contribution < -0.4 is 10.6 Å². The molecule has 1 atom stereocenters. The highest BCUT2D eigenvalue weighted by atomic mass is 16.4. The molecule has 30 heavy (non-hydrogen) atoms. The molecule has 1 aromatic carbocycles. The first kappa shape index (κ1) is 24.4. The Kier molecular flexibility index (Phi) is 8.48. The highest BCUT2D eigenvalue weighted by molar-refractivity contribution is 5.97. The van der Waals surface area contributed by atoms with Crippen LogP contribution in [-0.4, -0.2) is 17.0 Å². The van der Waals surface area contributed by atoms with Gasteiger partial charge in [-0.15, -0.1) is 0 Å². The van der Waals surface area contributed by atoms with Crippen LogP contribution in [0, 0.1) is 19.3 Å². The van der Waals surface area contributed by atoms with Crippen LogP contribution in [0.1, 0.15) is 106 Å². The van der Waals surface area contributed by atoms with Gasteiger partial charge in [0.05, 0.1) is 6.42 Å². The zero-order valence-corrected chi connectivity index (χ0v) is 19.7. The number of unbranched alkanes of at least 4 members (excludes halogenated alkanes) is 5. The lowest BCUT2D eigenvalue weighted by Gasteiger charge is -2.25. The number of benzene rings is 1. The average molecular weight is 417 g/mol. The van der Waals surface area contributed by atoms with Crippen LogP contribution in [0.4, 0.5) is 5.69 Å². The number of nitrogens with one attached hydrogen (secondary N) is 2. The normalized spacial score (nSPS) is 15.9. The van der Waals surface area contributed by atoms with Gasteiger partial charge in [0.25, 0.3) is 0 Å². The second-order valence-corrected chi connectivity index (χ2v) is 9.76. The first-order chi connectivity index (χ1) is 14.1. The standard InChI is InChI=1S/C25H40N2O3/c1-7-8-9-10-11-12-13-20-22-19(15-26-20)16(2)18(14-21(28)29)17(3)23(22)27-24(30)25(4,5)6/h20,26H,7-15H2,1-6H3,(H,27,30)(H,28,29). The van der Waals surface area contributed by atoms with E-state index in [9.17, 15) is 14.7 Å². The van der Waals surface area contributed by atoms with Crippen molar-refractivity contribution in [1.82, 2.24) is 5.32 Å². The Bertz CT molecular complexity index is 778. The molecule has 0 aromatic heterocycles. The number of amides is 1. The number of hydrogen-bond acceptors (Lipinski definition) is 3. The minimum Gasteiger partial charge on any atom is -0.481 e. The van der Waals surface area contributed by atoms with Gasteiger partial charge < -0.3 is 15.7 Å². The van der Waals surface area contributed by atoms with Gasteiger partial charge in [-0.25, -0.2) is 0 Å². The molecule has 0 bridgehead atoms. The van der Waals surface area contributed by atoms with Crippen molar-refractivity contribution in [3.8, 4) is 0 Å². The number of aliphatic carboxylic acids is 1. The molecule has 1 aliphatic heterocycles. The number of carbonyl (C=O) groups is 2. The quantitative estimate of drug-likeness (QED) is 0.421. The minimum atomic E-state index is -0.844. The number of carboxylic acid groups (broad SMARTS) is 1. The highest BCUT2D eigenvalue weighted by Crippen LogP contribution is 2.42. The lowest BCUT2D eigenvalue weighted by Crippen LogP contribution is -2.29. The van der Waals surface area contributed by atoms with Gasteiger partial charge >= 0.3 is 5.97 Å². The van der Waals surface area contributed by atoms with E-state index >= 15 is 0 Å². The summed E-state index contributed by atoms with van der Waals surface area (Å²) < 4.78 is 0. The van der Waals surface area contributed by atoms with Crippen LogP contribution in [0.15, 0.2) is 0 Å². The molecule has 5 heteroatoms. The number of rotatable bonds is 10. The molecule has 0 radical (unpaired) electrons. The molecule has 0 saturated carbocycles. The summed E-state index contributed by atoms with van der Waals surface area (Å²) in [5, 5.41) is 16.2. The number of carboxylic acids is 1. The van der Waals surface area contributed by atoms with Gasteiger partial charge in [-0.1, -0.05) is 66.2 Å². The number of hydrogen-bond donors (Lipinski definition) is 3. The second-order valence-electron chi connectivity index (χ2n) is 9.76. The molecule has 0 fully saturated rings. The Morgan fingerprint density at radius 3 is 2.30 bits per heavy atom. The fourth-order valence-electron chi connectivity index (χ4n) is 4.36. The zero-order valence-electron chi connectivity index (χ0n) is 19.7. The summed E-state index contributed by atoms with van der Waals surface area (Å²) in [4.78, 5) is 24.3. The first-order valence-electron chi connectivity index (χ1n) is 11.5. The van der Waals surface area contributed by atoms with Gasteiger partial charge in [0.1, 0.15) is 0 Å². The predicted octanol–water partition coefficient (Wildman–Crippen LogP) is 5.81. The average Bonchev–Trinajstić information content (AvgIpc) is 3.08. The van der Waals surface area contributed by atoms with Crippen molar-refractivity contribution in [3.05, 3.63) is 27.8 Å². The van der Waals surface area contributed by atoms with Crippen LogP contribution >= 0.6 is 0 Å². The molecule has 1 heterocycles. The predicted molar refractivity (Wildman–Crippen MR) is 123 cm³/mol. The van der Waals surface area contributed by atoms with Gasteiger partial charge in [0, 0.05) is 23.7 Å². The Hall–Kier alpha value is -1.88. The molecule has 1 unspecified atom stereocenters. The Morgan fingerprint density at radius 1 is 1.07 bits per heavy atom. The Labute approximate surface area is 182 Å². The van der Waals surface area contributed by atoms with Gasteiger partial charge in [-0.05, 0) is 48.1 Å². The van der Waals surface area contributed by atoms with Crippen molar-refractivity contribution in [1.29, 1.82) is 0 Å². The van der Waals surface area contributed by atoms with E-state index in [0.717, 1.165) is 47.3 Å². The first-order valence-corrected chi connectivity index (χ1v) is 11.5. The molecule has 168 valence electrons. The Morgan fingerprint density at radius 2 is 1.70 bits per heavy atom. The summed E-state index contributed by atoms with van der Waals surface area (Å²) in [6.07, 6.45) is 8.53. The van der Waals surface area contributed by atoms with Crippen molar-refractivity contribution in [2.24, 2.45) is 5.41 Å². The van der Waals surface area contributed by atoms with E-state index < -0.39 is 11.4 Å². The molecule has 0 spiro atoms. The third kappa shape index (κ3) is 5.84. The SMILES string of the molecule is CCCCCCCCC1NCc2c(C)c(CC(=O)O)c(C)c(NC(=O)C(C)(C)C)c21. The smallest absolute Gasteiger partial charge is 0.307 e. The molecule has 1 aromatic rings. The monoisotopic (exact) mass is 416 g/mol. The summed E-state index contributed by atoms with van der Waals surface area (Å²) in [6.45, 7) is 12.6. The van der Waals surface area contributed by atoms with Gasteiger partial charge in [-0.3, -0.25) is 9.59 Å². The Balaban J connectivity index is 2.34. The van der Waals surface area contributed by atoms with E-state index in [1.54, 1.807) is 0 Å². The summed E-state index contributed by atoms with van der Waals surface area (Å²) >= 11 is 0. The van der Waals surface area contributed by atoms with E-state index in [1.807, 2.05) is 34.6 Å². The van der Waals surface area contributed by atoms with Crippen molar-refractivity contribution >= 4 is 17.6 Å². The largest absolute Gasteiger partial charge is 0.481 e. The molecular formula is C25H40N2O3. The fourth-order valence-corrected chi connectivity index (χ4v) is 4.36. The molecule has 5 nitrogen and oxygen atoms in total. The molecule has 1 aliphatic rings. The van der Waals surface area contributed by atoms with Crippen LogP contribution in [0.3, 0.4) is 0 Å². The number of carbonyl (C=O) groups excluding carboxylic acids is 1. The van der Waals surface area contributed by atoms with Crippen LogP contribution in [0.5, 0.6) is 0 Å². The molecule has 3 N–H and O–H groups in total. The van der Waals surface area contributed by atoms with Gasteiger partial charge in [0.15, 0.2) is 0 Å². The molecule has 0 aliphatic carbocycles. The van der Waals surface area contributed by atoms with Crippen LogP contribution in [0.2, 0.25) is 0 Å². The fraction of sp³-hybridized carbons (Fsp3) is 0.680. The number of anilines is 1. The molecular weight excluding hydrogens is 376 g/mol. The lowest BCUT2D eigenvalue weighted by atomic mass is 9.86. The van der Waals surface area contributed by atoms with Gasteiger partial charge in [-0.2, -0.15) is 0 Å². The minimum absolute atomic E-state index is 0.0224. The van der Waals surface area contributed by atoms with E-state index in [4.69, 9.17) is 0 Å². The molecule has 1 amide bonds. The molecule has 0 saturated heterocycles. The maximum Gasteiger partial charge on any atom is 0.307 e. The summed E-state index contributed by atoms with van der Waals surface area (Å²) in [5.41, 5.74) is 5.42. The highest BCUT2D eigenvalue weighted by Gasteiger charge is 2.32.